The zero-order chi connectivity index (χ0) is 15.8. The number of amides is 2. The van der Waals surface area contributed by atoms with Crippen molar-refractivity contribution < 1.29 is 15.0 Å². The van der Waals surface area contributed by atoms with Crippen LogP contribution in [0.25, 0.3) is 0 Å². The van der Waals surface area contributed by atoms with E-state index in [1.807, 2.05) is 20.8 Å². The monoisotopic (exact) mass is 295 g/mol. The fraction of sp³-hybridized carbons (Fsp3) is 0.600. The molecule has 0 aliphatic carbocycles. The minimum atomic E-state index is -0.155. The van der Waals surface area contributed by atoms with Crippen molar-refractivity contribution in [3.8, 4) is 0 Å². The number of hydrogen-bond acceptors (Lipinski definition) is 4. The van der Waals surface area contributed by atoms with Gasteiger partial charge in [0.05, 0.1) is 25.1 Å². The number of anilines is 1. The Labute approximate surface area is 126 Å². The topological polar surface area (TPSA) is 76.9 Å². The summed E-state index contributed by atoms with van der Waals surface area (Å²) in [6.07, 6.45) is 4.00. The lowest BCUT2D eigenvalue weighted by atomic mass is 10.2. The number of aromatic nitrogens is 1. The van der Waals surface area contributed by atoms with Gasteiger partial charge >= 0.3 is 6.03 Å². The Bertz CT molecular complexity index is 452. The van der Waals surface area contributed by atoms with Gasteiger partial charge in [0, 0.05) is 25.3 Å². The smallest absolute Gasteiger partial charge is 0.324 e. The zero-order valence-corrected chi connectivity index (χ0v) is 13.0. The molecule has 0 saturated carbocycles. The second kappa shape index (κ2) is 8.59. The molecule has 0 bridgehead atoms. The Kier molecular flexibility index (Phi) is 7.11. The molecule has 0 aliphatic heterocycles. The average molecular weight is 295 g/mol. The van der Waals surface area contributed by atoms with Crippen molar-refractivity contribution in [3.05, 3.63) is 24.0 Å². The maximum atomic E-state index is 12.7. The highest BCUT2D eigenvalue weighted by Crippen LogP contribution is 2.18. The number of aliphatic hydroxyl groups excluding tert-OH is 2. The second-order valence-corrected chi connectivity index (χ2v) is 5.15. The zero-order valence-electron chi connectivity index (χ0n) is 13.0. The number of nitrogens with zero attached hydrogens (tertiary/aromatic N) is 3. The van der Waals surface area contributed by atoms with E-state index in [0.29, 0.717) is 24.3 Å². The molecular weight excluding hydrogens is 270 g/mol. The first-order chi connectivity index (χ1) is 10.0. The third-order valence-corrected chi connectivity index (χ3v) is 3.16. The van der Waals surface area contributed by atoms with E-state index in [0.717, 1.165) is 6.42 Å². The summed E-state index contributed by atoms with van der Waals surface area (Å²) in [5, 5.41) is 18.3. The van der Waals surface area contributed by atoms with Crippen LogP contribution in [0.5, 0.6) is 0 Å². The summed E-state index contributed by atoms with van der Waals surface area (Å²) >= 11 is 0. The van der Waals surface area contributed by atoms with Gasteiger partial charge in [-0.25, -0.2) is 4.79 Å². The van der Waals surface area contributed by atoms with Crippen molar-refractivity contribution in [2.24, 2.45) is 0 Å². The summed E-state index contributed by atoms with van der Waals surface area (Å²) in [7, 11) is 0. The molecule has 21 heavy (non-hydrogen) atoms. The van der Waals surface area contributed by atoms with Gasteiger partial charge in [-0.05, 0) is 31.9 Å². The minimum Gasteiger partial charge on any atom is -0.395 e. The summed E-state index contributed by atoms with van der Waals surface area (Å²) in [5.74, 6) is 0. The van der Waals surface area contributed by atoms with E-state index < -0.39 is 0 Å². The molecular formula is C15H25N3O3. The van der Waals surface area contributed by atoms with E-state index in [1.54, 1.807) is 28.3 Å². The lowest BCUT2D eigenvalue weighted by Crippen LogP contribution is -2.48. The number of carbonyl (C=O) groups is 1. The van der Waals surface area contributed by atoms with Crippen LogP contribution in [-0.4, -0.2) is 51.9 Å². The van der Waals surface area contributed by atoms with Gasteiger partial charge in [0.15, 0.2) is 0 Å². The summed E-state index contributed by atoms with van der Waals surface area (Å²) in [4.78, 5) is 20.1. The van der Waals surface area contributed by atoms with Crippen molar-refractivity contribution in [2.45, 2.75) is 39.8 Å². The van der Waals surface area contributed by atoms with Crippen LogP contribution in [0.1, 0.15) is 32.8 Å². The minimum absolute atomic E-state index is 0.00186. The van der Waals surface area contributed by atoms with Gasteiger partial charge in [-0.2, -0.15) is 0 Å². The molecule has 6 nitrogen and oxygen atoms in total. The largest absolute Gasteiger partial charge is 0.395 e. The molecule has 6 heteroatoms. The SMILES string of the molecule is CCCN(C(=O)N(CCO)C(C)C)c1cncc(CO)c1. The number of carbonyl (C=O) groups excluding carboxylic acids is 1. The molecule has 0 atom stereocenters. The van der Waals surface area contributed by atoms with Crippen LogP contribution in [0.2, 0.25) is 0 Å². The van der Waals surface area contributed by atoms with Gasteiger partial charge in [0.25, 0.3) is 0 Å². The lowest BCUT2D eigenvalue weighted by molar-refractivity contribution is 0.166. The molecule has 1 heterocycles. The van der Waals surface area contributed by atoms with Crippen LogP contribution in [0, 0.1) is 0 Å². The number of hydrogen-bond donors (Lipinski definition) is 2. The van der Waals surface area contributed by atoms with Gasteiger partial charge in [-0.3, -0.25) is 9.88 Å². The fourth-order valence-electron chi connectivity index (χ4n) is 2.10. The van der Waals surface area contributed by atoms with Crippen LogP contribution in [0.4, 0.5) is 10.5 Å². The van der Waals surface area contributed by atoms with Crippen molar-refractivity contribution in [3.63, 3.8) is 0 Å². The lowest BCUT2D eigenvalue weighted by Gasteiger charge is -2.32. The molecule has 0 fully saturated rings. The number of aliphatic hydroxyl groups is 2. The predicted octanol–water partition coefficient (Wildman–Crippen LogP) is 1.61. The Morgan fingerprint density at radius 3 is 2.52 bits per heavy atom. The third kappa shape index (κ3) is 4.68. The molecule has 1 aromatic rings. The summed E-state index contributed by atoms with van der Waals surface area (Å²) in [5.41, 5.74) is 1.33. The third-order valence-electron chi connectivity index (χ3n) is 3.16. The molecule has 0 aromatic carbocycles. The summed E-state index contributed by atoms with van der Waals surface area (Å²) in [6.45, 7) is 6.50. The molecule has 2 amide bonds. The highest BCUT2D eigenvalue weighted by molar-refractivity contribution is 5.92. The molecule has 0 unspecified atom stereocenters. The van der Waals surface area contributed by atoms with Gasteiger partial charge in [0.2, 0.25) is 0 Å². The molecule has 0 saturated heterocycles. The van der Waals surface area contributed by atoms with E-state index in [4.69, 9.17) is 5.11 Å². The van der Waals surface area contributed by atoms with Gasteiger partial charge in [-0.15, -0.1) is 0 Å². The van der Waals surface area contributed by atoms with Gasteiger partial charge < -0.3 is 15.1 Å². The number of urea groups is 1. The normalized spacial score (nSPS) is 10.8. The van der Waals surface area contributed by atoms with Crippen LogP contribution in [0.3, 0.4) is 0 Å². The van der Waals surface area contributed by atoms with Gasteiger partial charge in [0.1, 0.15) is 0 Å². The molecule has 1 rings (SSSR count). The highest BCUT2D eigenvalue weighted by atomic mass is 16.3. The molecule has 1 aromatic heterocycles. The van der Waals surface area contributed by atoms with E-state index in [2.05, 4.69) is 4.98 Å². The van der Waals surface area contributed by atoms with Gasteiger partial charge in [-0.1, -0.05) is 6.92 Å². The first-order valence-electron chi connectivity index (χ1n) is 7.28. The van der Waals surface area contributed by atoms with Crippen molar-refractivity contribution >= 4 is 11.7 Å². The van der Waals surface area contributed by atoms with Crippen molar-refractivity contribution in [1.82, 2.24) is 9.88 Å². The van der Waals surface area contributed by atoms with E-state index in [1.165, 1.54) is 0 Å². The Morgan fingerprint density at radius 2 is 2.00 bits per heavy atom. The summed E-state index contributed by atoms with van der Waals surface area (Å²) in [6, 6.07) is 1.61. The van der Waals surface area contributed by atoms with Crippen LogP contribution < -0.4 is 4.90 Å². The predicted molar refractivity (Wildman–Crippen MR) is 82.1 cm³/mol. The fourth-order valence-corrected chi connectivity index (χ4v) is 2.10. The van der Waals surface area contributed by atoms with Crippen molar-refractivity contribution in [2.75, 3.05) is 24.6 Å². The standard InChI is InChI=1S/C15H25N3O3/c1-4-5-18(14-8-13(11-20)9-16-10-14)15(21)17(6-7-19)12(2)3/h8-10,12,19-20H,4-7,11H2,1-3H3. The molecule has 0 aliphatic rings. The Balaban J connectivity index is 3.06. The molecule has 0 radical (unpaired) electrons. The maximum absolute atomic E-state index is 12.7. The van der Waals surface area contributed by atoms with E-state index in [-0.39, 0.29) is 25.3 Å². The van der Waals surface area contributed by atoms with Crippen LogP contribution in [-0.2, 0) is 6.61 Å². The molecule has 0 spiro atoms. The first-order valence-corrected chi connectivity index (χ1v) is 7.28. The average Bonchev–Trinajstić information content (AvgIpc) is 2.49. The highest BCUT2D eigenvalue weighted by Gasteiger charge is 2.23. The molecule has 118 valence electrons. The van der Waals surface area contributed by atoms with Crippen molar-refractivity contribution in [1.29, 1.82) is 0 Å². The number of pyridine rings is 1. The second-order valence-electron chi connectivity index (χ2n) is 5.15. The van der Waals surface area contributed by atoms with Crippen LogP contribution >= 0.6 is 0 Å². The maximum Gasteiger partial charge on any atom is 0.324 e. The Morgan fingerprint density at radius 1 is 1.29 bits per heavy atom. The Hall–Kier alpha value is -1.66. The quantitative estimate of drug-likeness (QED) is 0.801. The first kappa shape index (κ1) is 17.4. The summed E-state index contributed by atoms with van der Waals surface area (Å²) < 4.78 is 0. The van der Waals surface area contributed by atoms with E-state index in [9.17, 15) is 9.90 Å². The number of rotatable bonds is 7. The van der Waals surface area contributed by atoms with Crippen LogP contribution in [0.15, 0.2) is 18.5 Å². The van der Waals surface area contributed by atoms with E-state index >= 15 is 0 Å². The molecule has 2 N–H and O–H groups in total.